The fraction of sp³-hybridized carbons (Fsp3) is 0.667. The average molecular weight is 180 g/mol. The lowest BCUT2D eigenvalue weighted by Gasteiger charge is -2.03. The van der Waals surface area contributed by atoms with Crippen LogP contribution in [0.5, 0.6) is 0 Å². The third-order valence-electron chi connectivity index (χ3n) is 2.48. The maximum Gasteiger partial charge on any atom is 0.123 e. The molecule has 1 fully saturated rings. The first-order chi connectivity index (χ1) is 6.27. The third kappa shape index (κ3) is 2.01. The van der Waals surface area contributed by atoms with Gasteiger partial charge in [-0.05, 0) is 12.8 Å². The summed E-state index contributed by atoms with van der Waals surface area (Å²) in [6.07, 6.45) is 5.35. The molecule has 0 atom stereocenters. The second-order valence-electron chi connectivity index (χ2n) is 3.64. The number of rotatable bonds is 4. The molecule has 1 saturated carbocycles. The van der Waals surface area contributed by atoms with Crippen LogP contribution in [0.3, 0.4) is 0 Å². The summed E-state index contributed by atoms with van der Waals surface area (Å²) in [5, 5.41) is 3.45. The van der Waals surface area contributed by atoms with E-state index in [-0.39, 0.29) is 0 Å². The summed E-state index contributed by atoms with van der Waals surface area (Å²) in [5.74, 6) is 1.80. The van der Waals surface area contributed by atoms with E-state index in [1.165, 1.54) is 12.8 Å². The minimum Gasteiger partial charge on any atom is -0.384 e. The van der Waals surface area contributed by atoms with Crippen molar-refractivity contribution in [3.8, 4) is 0 Å². The number of nitrogens with zero attached hydrogens (tertiary/aromatic N) is 2. The highest BCUT2D eigenvalue weighted by Crippen LogP contribution is 2.18. The van der Waals surface area contributed by atoms with Gasteiger partial charge in [-0.3, -0.25) is 0 Å². The molecule has 0 radical (unpaired) electrons. The second kappa shape index (κ2) is 3.38. The topological polar surface area (TPSA) is 55.9 Å². The molecule has 1 aromatic rings. The lowest BCUT2D eigenvalue weighted by atomic mass is 10.4. The van der Waals surface area contributed by atoms with E-state index in [1.807, 2.05) is 11.6 Å². The van der Waals surface area contributed by atoms with E-state index in [2.05, 4.69) is 10.3 Å². The average Bonchev–Trinajstić information content (AvgIpc) is 2.88. The summed E-state index contributed by atoms with van der Waals surface area (Å²) in [5.41, 5.74) is 5.66. The number of hydrogen-bond acceptors (Lipinski definition) is 3. The zero-order chi connectivity index (χ0) is 9.26. The van der Waals surface area contributed by atoms with Gasteiger partial charge in [-0.15, -0.1) is 0 Å². The standard InChI is InChI=1S/C9H16N4/c1-13-8(10)6-12-9(13)4-5-11-7-2-3-7/h6-7,11H,2-5,10H2,1H3. The van der Waals surface area contributed by atoms with E-state index < -0.39 is 0 Å². The van der Waals surface area contributed by atoms with Gasteiger partial charge in [0.15, 0.2) is 0 Å². The molecule has 0 bridgehead atoms. The van der Waals surface area contributed by atoms with Crippen molar-refractivity contribution < 1.29 is 0 Å². The van der Waals surface area contributed by atoms with Gasteiger partial charge in [0.25, 0.3) is 0 Å². The van der Waals surface area contributed by atoms with Crippen molar-refractivity contribution in [1.29, 1.82) is 0 Å². The zero-order valence-corrected chi connectivity index (χ0v) is 7.95. The first-order valence-corrected chi connectivity index (χ1v) is 4.77. The number of aromatic nitrogens is 2. The Kier molecular flexibility index (Phi) is 2.22. The highest BCUT2D eigenvalue weighted by Gasteiger charge is 2.19. The Morgan fingerprint density at radius 1 is 1.69 bits per heavy atom. The minimum atomic E-state index is 0.737. The van der Waals surface area contributed by atoms with Crippen LogP contribution in [0.4, 0.5) is 5.82 Å². The maximum atomic E-state index is 5.66. The van der Waals surface area contributed by atoms with Crippen molar-refractivity contribution in [2.24, 2.45) is 7.05 Å². The highest BCUT2D eigenvalue weighted by atomic mass is 15.1. The molecule has 13 heavy (non-hydrogen) atoms. The van der Waals surface area contributed by atoms with Crippen molar-refractivity contribution in [2.75, 3.05) is 12.3 Å². The van der Waals surface area contributed by atoms with Crippen molar-refractivity contribution in [1.82, 2.24) is 14.9 Å². The molecule has 0 spiro atoms. The molecule has 4 heteroatoms. The first kappa shape index (κ1) is 8.56. The normalized spacial score (nSPS) is 16.4. The van der Waals surface area contributed by atoms with Gasteiger partial charge in [-0.1, -0.05) is 0 Å². The van der Waals surface area contributed by atoms with Gasteiger partial charge in [0, 0.05) is 26.1 Å². The van der Waals surface area contributed by atoms with Crippen LogP contribution in [-0.2, 0) is 13.5 Å². The summed E-state index contributed by atoms with van der Waals surface area (Å²) < 4.78 is 1.94. The van der Waals surface area contributed by atoms with Crippen LogP contribution in [0, 0.1) is 0 Å². The second-order valence-corrected chi connectivity index (χ2v) is 3.64. The van der Waals surface area contributed by atoms with Gasteiger partial charge >= 0.3 is 0 Å². The maximum absolute atomic E-state index is 5.66. The number of anilines is 1. The molecule has 0 unspecified atom stereocenters. The fourth-order valence-electron chi connectivity index (χ4n) is 1.37. The molecule has 0 aliphatic heterocycles. The first-order valence-electron chi connectivity index (χ1n) is 4.77. The van der Waals surface area contributed by atoms with E-state index in [4.69, 9.17) is 5.73 Å². The van der Waals surface area contributed by atoms with Crippen LogP contribution < -0.4 is 11.1 Å². The number of nitrogens with one attached hydrogen (secondary N) is 1. The van der Waals surface area contributed by atoms with Crippen LogP contribution in [0.15, 0.2) is 6.20 Å². The molecule has 1 aromatic heterocycles. The van der Waals surface area contributed by atoms with Crippen LogP contribution in [-0.4, -0.2) is 22.1 Å². The van der Waals surface area contributed by atoms with Crippen molar-refractivity contribution >= 4 is 5.82 Å². The third-order valence-corrected chi connectivity index (χ3v) is 2.48. The zero-order valence-electron chi connectivity index (χ0n) is 7.95. The Bertz CT molecular complexity index is 288. The van der Waals surface area contributed by atoms with Gasteiger partial charge < -0.3 is 15.6 Å². The molecule has 4 nitrogen and oxygen atoms in total. The Balaban J connectivity index is 1.82. The number of hydrogen-bond donors (Lipinski definition) is 2. The SMILES string of the molecule is Cn1c(N)cnc1CCNC1CC1. The highest BCUT2D eigenvalue weighted by molar-refractivity contribution is 5.27. The summed E-state index contributed by atoms with van der Waals surface area (Å²) in [7, 11) is 1.95. The van der Waals surface area contributed by atoms with Crippen LogP contribution in [0.25, 0.3) is 0 Å². The van der Waals surface area contributed by atoms with E-state index in [0.717, 1.165) is 30.6 Å². The van der Waals surface area contributed by atoms with Crippen molar-refractivity contribution in [3.63, 3.8) is 0 Å². The molecule has 1 aliphatic carbocycles. The van der Waals surface area contributed by atoms with Crippen LogP contribution in [0.2, 0.25) is 0 Å². The van der Waals surface area contributed by atoms with Crippen LogP contribution in [0.1, 0.15) is 18.7 Å². The van der Waals surface area contributed by atoms with Crippen molar-refractivity contribution in [2.45, 2.75) is 25.3 Å². The molecule has 72 valence electrons. The monoisotopic (exact) mass is 180 g/mol. The van der Waals surface area contributed by atoms with Crippen molar-refractivity contribution in [3.05, 3.63) is 12.0 Å². The van der Waals surface area contributed by atoms with E-state index in [0.29, 0.717) is 0 Å². The van der Waals surface area contributed by atoms with E-state index in [9.17, 15) is 0 Å². The van der Waals surface area contributed by atoms with Gasteiger partial charge in [0.2, 0.25) is 0 Å². The molecule has 0 aromatic carbocycles. The lowest BCUT2D eigenvalue weighted by molar-refractivity contribution is 0.652. The summed E-state index contributed by atoms with van der Waals surface area (Å²) in [6.45, 7) is 1.01. The minimum absolute atomic E-state index is 0.737. The molecular formula is C9H16N4. The number of nitrogen functional groups attached to an aromatic ring is 1. The molecule has 1 heterocycles. The summed E-state index contributed by atoms with van der Waals surface area (Å²) >= 11 is 0. The van der Waals surface area contributed by atoms with Gasteiger partial charge in [-0.25, -0.2) is 4.98 Å². The molecule has 3 N–H and O–H groups in total. The molecule has 1 aliphatic rings. The molecular weight excluding hydrogens is 164 g/mol. The number of nitrogens with two attached hydrogens (primary N) is 1. The quantitative estimate of drug-likeness (QED) is 0.700. The number of imidazole rings is 1. The van der Waals surface area contributed by atoms with E-state index in [1.54, 1.807) is 6.20 Å². The van der Waals surface area contributed by atoms with Gasteiger partial charge in [0.05, 0.1) is 6.20 Å². The van der Waals surface area contributed by atoms with E-state index >= 15 is 0 Å². The predicted octanol–water partition coefficient (Wildman–Crippen LogP) is 0.297. The fourth-order valence-corrected chi connectivity index (χ4v) is 1.37. The van der Waals surface area contributed by atoms with Crippen LogP contribution >= 0.6 is 0 Å². The Morgan fingerprint density at radius 2 is 2.46 bits per heavy atom. The molecule has 2 rings (SSSR count). The van der Waals surface area contributed by atoms with Gasteiger partial charge in [-0.2, -0.15) is 0 Å². The predicted molar refractivity (Wildman–Crippen MR) is 52.3 cm³/mol. The molecule has 0 amide bonds. The summed E-state index contributed by atoms with van der Waals surface area (Å²) in [6, 6.07) is 0.776. The Hall–Kier alpha value is -1.03. The lowest BCUT2D eigenvalue weighted by Crippen LogP contribution is -2.20. The smallest absolute Gasteiger partial charge is 0.123 e. The van der Waals surface area contributed by atoms with Gasteiger partial charge in [0.1, 0.15) is 11.6 Å². The largest absolute Gasteiger partial charge is 0.384 e. The molecule has 0 saturated heterocycles. The Labute approximate surface area is 78.1 Å². The summed E-state index contributed by atoms with van der Waals surface area (Å²) in [4.78, 5) is 4.23. The Morgan fingerprint density at radius 3 is 3.00 bits per heavy atom.